The average Bonchev–Trinajstić information content (AvgIpc) is 3.05. The fourth-order valence-electron chi connectivity index (χ4n) is 1.73. The van der Waals surface area contributed by atoms with E-state index in [1.807, 2.05) is 0 Å². The van der Waals surface area contributed by atoms with Gasteiger partial charge in [0.2, 0.25) is 10.0 Å². The average molecular weight is 307 g/mol. The molecule has 0 amide bonds. The van der Waals surface area contributed by atoms with Crippen molar-refractivity contribution in [1.29, 1.82) is 0 Å². The third kappa shape index (κ3) is 5.67. The van der Waals surface area contributed by atoms with E-state index in [4.69, 9.17) is 0 Å². The molecule has 0 unspecified atom stereocenters. The summed E-state index contributed by atoms with van der Waals surface area (Å²) in [5.74, 6) is -0.0562. The Hall–Kier alpha value is -0.980. The zero-order valence-electron chi connectivity index (χ0n) is 10.7. The maximum Gasteiger partial charge on any atom is 0.229 e. The number of aromatic hydroxyl groups is 1. The number of nitrogens with one attached hydrogen (secondary N) is 2. The van der Waals surface area contributed by atoms with Crippen LogP contribution in [0.25, 0.3) is 0 Å². The van der Waals surface area contributed by atoms with Crippen LogP contribution in [0, 0.1) is 0 Å². The molecule has 3 N–H and O–H groups in total. The molecular formula is C12H19ClN2O3S. The van der Waals surface area contributed by atoms with Crippen LogP contribution in [0.15, 0.2) is 18.2 Å². The Morgan fingerprint density at radius 2 is 2.05 bits per heavy atom. The van der Waals surface area contributed by atoms with E-state index in [1.165, 1.54) is 18.9 Å². The van der Waals surface area contributed by atoms with Gasteiger partial charge in [-0.1, -0.05) is 6.07 Å². The van der Waals surface area contributed by atoms with Gasteiger partial charge in [-0.3, -0.25) is 4.72 Å². The minimum Gasteiger partial charge on any atom is -0.506 e. The van der Waals surface area contributed by atoms with Gasteiger partial charge in [-0.15, -0.1) is 12.4 Å². The number of sulfonamides is 1. The third-order valence-corrected chi connectivity index (χ3v) is 3.37. The van der Waals surface area contributed by atoms with Crippen molar-refractivity contribution >= 4 is 28.1 Å². The summed E-state index contributed by atoms with van der Waals surface area (Å²) in [5.41, 5.74) is 1.23. The van der Waals surface area contributed by atoms with E-state index in [0.29, 0.717) is 6.04 Å². The van der Waals surface area contributed by atoms with Gasteiger partial charge in [0.15, 0.2) is 0 Å². The van der Waals surface area contributed by atoms with Gasteiger partial charge in [0.05, 0.1) is 11.9 Å². The minimum atomic E-state index is -3.37. The molecule has 1 fully saturated rings. The molecule has 2 rings (SSSR count). The summed E-state index contributed by atoms with van der Waals surface area (Å²) in [6.45, 7) is 0.869. The van der Waals surface area contributed by atoms with Gasteiger partial charge in [-0.05, 0) is 43.5 Å². The Bertz CT molecular complexity index is 530. The zero-order valence-corrected chi connectivity index (χ0v) is 12.4. The van der Waals surface area contributed by atoms with E-state index in [1.54, 1.807) is 12.1 Å². The van der Waals surface area contributed by atoms with Crippen LogP contribution < -0.4 is 10.0 Å². The Morgan fingerprint density at radius 3 is 2.63 bits per heavy atom. The summed E-state index contributed by atoms with van der Waals surface area (Å²) < 4.78 is 24.6. The van der Waals surface area contributed by atoms with Crippen molar-refractivity contribution in [2.75, 3.05) is 17.5 Å². The topological polar surface area (TPSA) is 78.4 Å². The lowest BCUT2D eigenvalue weighted by Gasteiger charge is -2.09. The van der Waals surface area contributed by atoms with E-state index in [9.17, 15) is 13.5 Å². The van der Waals surface area contributed by atoms with Crippen molar-refractivity contribution in [2.24, 2.45) is 0 Å². The first-order valence-corrected chi connectivity index (χ1v) is 7.86. The molecule has 0 atom stereocenters. The maximum atomic E-state index is 11.1. The molecule has 0 aromatic heterocycles. The van der Waals surface area contributed by atoms with E-state index in [-0.39, 0.29) is 23.8 Å². The summed E-state index contributed by atoms with van der Waals surface area (Å²) in [6.07, 6.45) is 4.37. The van der Waals surface area contributed by atoms with Crippen molar-refractivity contribution in [3.8, 4) is 5.75 Å². The molecule has 0 aliphatic heterocycles. The molecule has 19 heavy (non-hydrogen) atoms. The van der Waals surface area contributed by atoms with Gasteiger partial charge >= 0.3 is 0 Å². The predicted molar refractivity (Wildman–Crippen MR) is 78.6 cm³/mol. The van der Waals surface area contributed by atoms with Crippen molar-refractivity contribution < 1.29 is 13.5 Å². The van der Waals surface area contributed by atoms with E-state index in [0.717, 1.165) is 24.8 Å². The Kier molecular flexibility index (Phi) is 5.46. The monoisotopic (exact) mass is 306 g/mol. The van der Waals surface area contributed by atoms with Gasteiger partial charge < -0.3 is 10.4 Å². The third-order valence-electron chi connectivity index (χ3n) is 2.78. The van der Waals surface area contributed by atoms with Gasteiger partial charge in [0.25, 0.3) is 0 Å². The number of benzene rings is 1. The van der Waals surface area contributed by atoms with Crippen LogP contribution in [0.2, 0.25) is 0 Å². The molecule has 0 bridgehead atoms. The van der Waals surface area contributed by atoms with Crippen LogP contribution in [0.4, 0.5) is 5.69 Å². The molecule has 5 nitrogen and oxygen atoms in total. The highest BCUT2D eigenvalue weighted by molar-refractivity contribution is 7.92. The standard InChI is InChI=1S/C12H18N2O3S.ClH/c1-18(16,17)14-11-8-9(2-5-12(11)15)6-7-13-10-3-4-10;/h2,5,8,10,13-15H,3-4,6-7H2,1H3;1H. The Morgan fingerprint density at radius 1 is 1.37 bits per heavy atom. The molecule has 0 saturated heterocycles. The lowest BCUT2D eigenvalue weighted by atomic mass is 10.1. The highest BCUT2D eigenvalue weighted by Gasteiger charge is 2.19. The molecular weight excluding hydrogens is 288 g/mol. The minimum absolute atomic E-state index is 0. The first-order chi connectivity index (χ1) is 8.44. The van der Waals surface area contributed by atoms with Crippen molar-refractivity contribution in [1.82, 2.24) is 5.32 Å². The molecule has 1 aliphatic carbocycles. The molecule has 1 aromatic rings. The quantitative estimate of drug-likeness (QED) is 0.696. The largest absolute Gasteiger partial charge is 0.506 e. The number of phenols is 1. The SMILES string of the molecule is CS(=O)(=O)Nc1cc(CCNC2CC2)ccc1O.Cl. The summed E-state index contributed by atoms with van der Waals surface area (Å²) >= 11 is 0. The second-order valence-electron chi connectivity index (χ2n) is 4.70. The van der Waals surface area contributed by atoms with Gasteiger partial charge in [0, 0.05) is 6.04 Å². The van der Waals surface area contributed by atoms with Crippen LogP contribution in [0.5, 0.6) is 5.75 Å². The van der Waals surface area contributed by atoms with Crippen molar-refractivity contribution in [3.05, 3.63) is 23.8 Å². The molecule has 0 heterocycles. The summed E-state index contributed by atoms with van der Waals surface area (Å²) in [4.78, 5) is 0. The van der Waals surface area contributed by atoms with Crippen molar-refractivity contribution in [2.45, 2.75) is 25.3 Å². The van der Waals surface area contributed by atoms with E-state index < -0.39 is 10.0 Å². The highest BCUT2D eigenvalue weighted by Crippen LogP contribution is 2.25. The van der Waals surface area contributed by atoms with Gasteiger partial charge in [-0.2, -0.15) is 0 Å². The van der Waals surface area contributed by atoms with E-state index in [2.05, 4.69) is 10.0 Å². The second kappa shape index (κ2) is 6.45. The van der Waals surface area contributed by atoms with Gasteiger partial charge in [0.1, 0.15) is 5.75 Å². The molecule has 0 spiro atoms. The van der Waals surface area contributed by atoms with Crippen LogP contribution in [0.1, 0.15) is 18.4 Å². The number of anilines is 1. The summed E-state index contributed by atoms with van der Waals surface area (Å²) in [5, 5.41) is 13.0. The fourth-order valence-corrected chi connectivity index (χ4v) is 2.29. The van der Waals surface area contributed by atoms with Crippen LogP contribution >= 0.6 is 12.4 Å². The normalized spacial score (nSPS) is 14.8. The number of hydrogen-bond donors (Lipinski definition) is 3. The van der Waals surface area contributed by atoms with Crippen LogP contribution in [0.3, 0.4) is 0 Å². The molecule has 0 radical (unpaired) electrons. The van der Waals surface area contributed by atoms with Crippen LogP contribution in [-0.2, 0) is 16.4 Å². The van der Waals surface area contributed by atoms with E-state index >= 15 is 0 Å². The summed E-state index contributed by atoms with van der Waals surface area (Å²) in [6, 6.07) is 5.65. The maximum absolute atomic E-state index is 11.1. The molecule has 1 aromatic carbocycles. The smallest absolute Gasteiger partial charge is 0.229 e. The molecule has 7 heteroatoms. The van der Waals surface area contributed by atoms with Crippen LogP contribution in [-0.4, -0.2) is 32.4 Å². The lowest BCUT2D eigenvalue weighted by molar-refractivity contribution is 0.477. The van der Waals surface area contributed by atoms with Gasteiger partial charge in [-0.25, -0.2) is 8.42 Å². The Labute approximate surface area is 119 Å². The molecule has 108 valence electrons. The van der Waals surface area contributed by atoms with Crippen molar-refractivity contribution in [3.63, 3.8) is 0 Å². The number of hydrogen-bond acceptors (Lipinski definition) is 4. The number of phenolic OH excluding ortho intramolecular Hbond substituents is 1. The predicted octanol–water partition coefficient (Wildman–Crippen LogP) is 1.48. The fraction of sp³-hybridized carbons (Fsp3) is 0.500. The zero-order chi connectivity index (χ0) is 13.2. The summed E-state index contributed by atoms with van der Waals surface area (Å²) in [7, 11) is -3.37. The molecule has 1 aliphatic rings. The number of halogens is 1. The Balaban J connectivity index is 0.00000180. The number of rotatable bonds is 6. The second-order valence-corrected chi connectivity index (χ2v) is 6.45. The lowest BCUT2D eigenvalue weighted by Crippen LogP contribution is -2.19. The highest BCUT2D eigenvalue weighted by atomic mass is 35.5. The first-order valence-electron chi connectivity index (χ1n) is 5.97. The molecule has 1 saturated carbocycles. The first kappa shape index (κ1) is 16.1.